The minimum absolute atomic E-state index is 0.0213. The van der Waals surface area contributed by atoms with E-state index in [-0.39, 0.29) is 18.1 Å². The average Bonchev–Trinajstić information content (AvgIpc) is 2.44. The lowest BCUT2D eigenvalue weighted by molar-refractivity contribution is -0.0586. The molecule has 0 bridgehead atoms. The molecule has 0 aromatic heterocycles. The van der Waals surface area contributed by atoms with E-state index in [1.54, 1.807) is 13.2 Å². The van der Waals surface area contributed by atoms with Crippen molar-refractivity contribution in [1.82, 2.24) is 4.90 Å². The van der Waals surface area contributed by atoms with E-state index in [2.05, 4.69) is 5.32 Å². The highest BCUT2D eigenvalue weighted by Gasteiger charge is 2.26. The lowest BCUT2D eigenvalue weighted by atomic mass is 10.1. The molecule has 1 heterocycles. The SMILES string of the molecule is CNc1ccc(C(=O)N2CC(C)OC(C)C2)cc1OC. The maximum Gasteiger partial charge on any atom is 0.254 e. The van der Waals surface area contributed by atoms with Gasteiger partial charge in [-0.3, -0.25) is 4.79 Å². The Hall–Kier alpha value is -1.75. The summed E-state index contributed by atoms with van der Waals surface area (Å²) in [6, 6.07) is 5.46. The zero-order valence-electron chi connectivity index (χ0n) is 12.5. The lowest BCUT2D eigenvalue weighted by Crippen LogP contribution is -2.48. The van der Waals surface area contributed by atoms with Crippen LogP contribution in [0.2, 0.25) is 0 Å². The Balaban J connectivity index is 2.20. The smallest absolute Gasteiger partial charge is 0.254 e. The molecule has 1 saturated heterocycles. The van der Waals surface area contributed by atoms with E-state index in [0.717, 1.165) is 5.69 Å². The molecule has 0 radical (unpaired) electrons. The van der Waals surface area contributed by atoms with Crippen molar-refractivity contribution in [2.45, 2.75) is 26.1 Å². The number of amides is 1. The van der Waals surface area contributed by atoms with Gasteiger partial charge in [0, 0.05) is 25.7 Å². The van der Waals surface area contributed by atoms with Crippen LogP contribution in [0.5, 0.6) is 5.75 Å². The third kappa shape index (κ3) is 3.04. The van der Waals surface area contributed by atoms with E-state index in [1.165, 1.54) is 0 Å². The van der Waals surface area contributed by atoms with Crippen molar-refractivity contribution in [1.29, 1.82) is 0 Å². The van der Waals surface area contributed by atoms with Gasteiger partial charge in [-0.25, -0.2) is 0 Å². The summed E-state index contributed by atoms with van der Waals surface area (Å²) in [6.07, 6.45) is 0.141. The molecule has 2 unspecified atom stereocenters. The highest BCUT2D eigenvalue weighted by atomic mass is 16.5. The molecular weight excluding hydrogens is 256 g/mol. The molecule has 1 N–H and O–H groups in total. The molecule has 0 spiro atoms. The van der Waals surface area contributed by atoms with Gasteiger partial charge in [-0.05, 0) is 32.0 Å². The average molecular weight is 278 g/mol. The summed E-state index contributed by atoms with van der Waals surface area (Å²) < 4.78 is 11.0. The first kappa shape index (κ1) is 14.7. The van der Waals surface area contributed by atoms with Gasteiger partial charge in [0.05, 0.1) is 25.0 Å². The minimum Gasteiger partial charge on any atom is -0.495 e. The highest BCUT2D eigenvalue weighted by molar-refractivity contribution is 5.95. The third-order valence-corrected chi connectivity index (χ3v) is 3.42. The van der Waals surface area contributed by atoms with Crippen LogP contribution >= 0.6 is 0 Å². The maximum atomic E-state index is 12.6. The molecule has 2 atom stereocenters. The summed E-state index contributed by atoms with van der Waals surface area (Å²) in [5.74, 6) is 0.695. The summed E-state index contributed by atoms with van der Waals surface area (Å²) >= 11 is 0. The van der Waals surface area contributed by atoms with Gasteiger partial charge < -0.3 is 19.7 Å². The van der Waals surface area contributed by atoms with Gasteiger partial charge in [-0.15, -0.1) is 0 Å². The maximum absolute atomic E-state index is 12.6. The number of nitrogens with one attached hydrogen (secondary N) is 1. The molecule has 1 aromatic carbocycles. The van der Waals surface area contributed by atoms with Crippen LogP contribution in [-0.4, -0.2) is 50.3 Å². The summed E-state index contributed by atoms with van der Waals surface area (Å²) in [5, 5.41) is 3.04. The van der Waals surface area contributed by atoms with Gasteiger partial charge in [0.15, 0.2) is 0 Å². The largest absolute Gasteiger partial charge is 0.495 e. The second kappa shape index (κ2) is 6.13. The van der Waals surface area contributed by atoms with Crippen molar-refractivity contribution in [3.63, 3.8) is 0 Å². The van der Waals surface area contributed by atoms with Crippen LogP contribution in [0.25, 0.3) is 0 Å². The minimum atomic E-state index is 0.0213. The van der Waals surface area contributed by atoms with Crippen LogP contribution in [0.1, 0.15) is 24.2 Å². The molecule has 1 aromatic rings. The molecule has 110 valence electrons. The number of benzene rings is 1. The fraction of sp³-hybridized carbons (Fsp3) is 0.533. The Morgan fingerprint density at radius 1 is 1.35 bits per heavy atom. The van der Waals surface area contributed by atoms with Gasteiger partial charge in [0.2, 0.25) is 0 Å². The van der Waals surface area contributed by atoms with Crippen molar-refractivity contribution in [3.8, 4) is 5.75 Å². The van der Waals surface area contributed by atoms with E-state index in [4.69, 9.17) is 9.47 Å². The van der Waals surface area contributed by atoms with E-state index in [1.807, 2.05) is 37.9 Å². The zero-order valence-corrected chi connectivity index (χ0v) is 12.5. The Labute approximate surface area is 119 Å². The third-order valence-electron chi connectivity index (χ3n) is 3.42. The van der Waals surface area contributed by atoms with Gasteiger partial charge in [0.1, 0.15) is 5.75 Å². The van der Waals surface area contributed by atoms with E-state index >= 15 is 0 Å². The number of hydrogen-bond acceptors (Lipinski definition) is 4. The van der Waals surface area contributed by atoms with Crippen LogP contribution < -0.4 is 10.1 Å². The van der Waals surface area contributed by atoms with Gasteiger partial charge in [-0.2, -0.15) is 0 Å². The first-order valence-corrected chi connectivity index (χ1v) is 6.85. The Kier molecular flexibility index (Phi) is 4.49. The number of carbonyl (C=O) groups excluding carboxylic acids is 1. The molecule has 1 fully saturated rings. The van der Waals surface area contributed by atoms with Gasteiger partial charge in [-0.1, -0.05) is 0 Å². The van der Waals surface area contributed by atoms with E-state index in [9.17, 15) is 4.79 Å². The van der Waals surface area contributed by atoms with Crippen molar-refractivity contribution < 1.29 is 14.3 Å². The number of ether oxygens (including phenoxy) is 2. The molecule has 2 rings (SSSR count). The van der Waals surface area contributed by atoms with Crippen LogP contribution in [0.15, 0.2) is 18.2 Å². The first-order chi connectivity index (χ1) is 9.55. The van der Waals surface area contributed by atoms with E-state index < -0.39 is 0 Å². The molecule has 5 nitrogen and oxygen atoms in total. The topological polar surface area (TPSA) is 50.8 Å². The zero-order chi connectivity index (χ0) is 14.7. The molecule has 20 heavy (non-hydrogen) atoms. The Bertz CT molecular complexity index is 480. The molecule has 0 saturated carbocycles. The highest BCUT2D eigenvalue weighted by Crippen LogP contribution is 2.26. The number of nitrogens with zero attached hydrogens (tertiary/aromatic N) is 1. The van der Waals surface area contributed by atoms with Crippen molar-refractivity contribution in [2.75, 3.05) is 32.6 Å². The predicted octanol–water partition coefficient (Wildman–Crippen LogP) is 1.99. The normalized spacial score (nSPS) is 22.5. The van der Waals surface area contributed by atoms with Crippen LogP contribution in [0.3, 0.4) is 0 Å². The fourth-order valence-electron chi connectivity index (χ4n) is 2.56. The van der Waals surface area contributed by atoms with Crippen molar-refractivity contribution in [3.05, 3.63) is 23.8 Å². The lowest BCUT2D eigenvalue weighted by Gasteiger charge is -2.35. The number of carbonyl (C=O) groups is 1. The Morgan fingerprint density at radius 3 is 2.55 bits per heavy atom. The van der Waals surface area contributed by atoms with E-state index in [0.29, 0.717) is 24.4 Å². The monoisotopic (exact) mass is 278 g/mol. The summed E-state index contributed by atoms with van der Waals surface area (Å²) in [4.78, 5) is 14.4. The molecular formula is C15H22N2O3. The summed E-state index contributed by atoms with van der Waals surface area (Å²) in [6.45, 7) is 5.22. The number of methoxy groups -OCH3 is 1. The first-order valence-electron chi connectivity index (χ1n) is 6.85. The molecule has 1 aliphatic rings. The van der Waals surface area contributed by atoms with Crippen LogP contribution in [0.4, 0.5) is 5.69 Å². The van der Waals surface area contributed by atoms with Gasteiger partial charge in [0.25, 0.3) is 5.91 Å². The summed E-state index contributed by atoms with van der Waals surface area (Å²) in [7, 11) is 3.42. The molecule has 5 heteroatoms. The number of anilines is 1. The second-order valence-corrected chi connectivity index (χ2v) is 5.13. The molecule has 0 aliphatic carbocycles. The number of morpholine rings is 1. The van der Waals surface area contributed by atoms with Crippen LogP contribution in [0, 0.1) is 0 Å². The van der Waals surface area contributed by atoms with Crippen molar-refractivity contribution in [2.24, 2.45) is 0 Å². The van der Waals surface area contributed by atoms with Gasteiger partial charge >= 0.3 is 0 Å². The summed E-state index contributed by atoms with van der Waals surface area (Å²) in [5.41, 5.74) is 1.51. The second-order valence-electron chi connectivity index (χ2n) is 5.13. The van der Waals surface area contributed by atoms with Crippen molar-refractivity contribution >= 4 is 11.6 Å². The predicted molar refractivity (Wildman–Crippen MR) is 78.5 cm³/mol. The molecule has 1 aliphatic heterocycles. The fourth-order valence-corrected chi connectivity index (χ4v) is 2.56. The van der Waals surface area contributed by atoms with Crippen LogP contribution in [-0.2, 0) is 4.74 Å². The number of hydrogen-bond donors (Lipinski definition) is 1. The Morgan fingerprint density at radius 2 is 2.00 bits per heavy atom. The number of rotatable bonds is 3. The quantitative estimate of drug-likeness (QED) is 0.918. The standard InChI is InChI=1S/C15H22N2O3/c1-10-8-17(9-11(2)20-10)15(18)12-5-6-13(16-3)14(7-12)19-4/h5-7,10-11,16H,8-9H2,1-4H3. The molecule has 1 amide bonds.